The van der Waals surface area contributed by atoms with E-state index in [1.54, 1.807) is 13.2 Å². The van der Waals surface area contributed by atoms with E-state index in [0.29, 0.717) is 12.1 Å². The van der Waals surface area contributed by atoms with Crippen LogP contribution in [0.4, 0.5) is 5.69 Å². The summed E-state index contributed by atoms with van der Waals surface area (Å²) in [5.41, 5.74) is 3.57. The Kier molecular flexibility index (Phi) is 5.75. The van der Waals surface area contributed by atoms with E-state index < -0.39 is 5.92 Å². The number of allylic oxidation sites excluding steroid dienone is 2. The van der Waals surface area contributed by atoms with Crippen molar-refractivity contribution in [2.24, 2.45) is 5.92 Å². The number of hydrogen-bond donors (Lipinski definition) is 1. The van der Waals surface area contributed by atoms with Gasteiger partial charge >= 0.3 is 0 Å². The quantitative estimate of drug-likeness (QED) is 0.610. The molecule has 4 heteroatoms. The number of para-hydroxylation sites is 1. The summed E-state index contributed by atoms with van der Waals surface area (Å²) < 4.78 is 5.23. The standard InChI is InChI=1S/C26H23NO3/c1-30-22-14-12-18(13-15-22)20-16-23(19-8-4-2-5-9-19)25(24(28)17-20)26(29)27-21-10-6-3-7-11-21/h2-15,17,23,25H,16H2,1H3,(H,27,29). The lowest BCUT2D eigenvalue weighted by molar-refractivity contribution is -0.129. The van der Waals surface area contributed by atoms with Crippen LogP contribution in [0.3, 0.4) is 0 Å². The highest BCUT2D eigenvalue weighted by Crippen LogP contribution is 2.40. The minimum Gasteiger partial charge on any atom is -0.497 e. The third kappa shape index (κ3) is 4.18. The van der Waals surface area contributed by atoms with E-state index in [1.807, 2.05) is 84.9 Å². The van der Waals surface area contributed by atoms with E-state index in [0.717, 1.165) is 22.4 Å². The van der Waals surface area contributed by atoms with Gasteiger partial charge in [0.05, 0.1) is 7.11 Å². The highest BCUT2D eigenvalue weighted by molar-refractivity contribution is 6.15. The Hall–Kier alpha value is -3.66. The summed E-state index contributed by atoms with van der Waals surface area (Å²) >= 11 is 0. The molecule has 150 valence electrons. The van der Waals surface area contributed by atoms with Crippen LogP contribution in [0.1, 0.15) is 23.5 Å². The molecule has 1 aliphatic rings. The molecule has 0 aromatic heterocycles. The van der Waals surface area contributed by atoms with Gasteiger partial charge in [0.2, 0.25) is 5.91 Å². The van der Waals surface area contributed by atoms with Crippen LogP contribution in [0.25, 0.3) is 5.57 Å². The maximum Gasteiger partial charge on any atom is 0.235 e. The number of anilines is 1. The second-order valence-electron chi connectivity index (χ2n) is 7.35. The molecular formula is C26H23NO3. The zero-order valence-corrected chi connectivity index (χ0v) is 16.7. The Balaban J connectivity index is 1.68. The van der Waals surface area contributed by atoms with Crippen LogP contribution >= 0.6 is 0 Å². The number of amides is 1. The van der Waals surface area contributed by atoms with Crippen molar-refractivity contribution in [1.82, 2.24) is 0 Å². The lowest BCUT2D eigenvalue weighted by atomic mass is 9.73. The highest BCUT2D eigenvalue weighted by Gasteiger charge is 2.38. The Labute approximate surface area is 176 Å². The van der Waals surface area contributed by atoms with E-state index in [1.165, 1.54) is 0 Å². The van der Waals surface area contributed by atoms with Crippen molar-refractivity contribution in [2.45, 2.75) is 12.3 Å². The first-order valence-electron chi connectivity index (χ1n) is 9.95. The van der Waals surface area contributed by atoms with Gasteiger partial charge in [-0.05, 0) is 53.5 Å². The molecule has 0 saturated carbocycles. The molecule has 2 unspecified atom stereocenters. The van der Waals surface area contributed by atoms with Gasteiger partial charge in [0, 0.05) is 11.6 Å². The second-order valence-corrected chi connectivity index (χ2v) is 7.35. The molecule has 1 amide bonds. The largest absolute Gasteiger partial charge is 0.497 e. The molecule has 30 heavy (non-hydrogen) atoms. The first kappa shape index (κ1) is 19.6. The molecule has 1 aliphatic carbocycles. The molecule has 0 spiro atoms. The zero-order valence-electron chi connectivity index (χ0n) is 16.7. The van der Waals surface area contributed by atoms with Gasteiger partial charge < -0.3 is 10.1 Å². The normalized spacial score (nSPS) is 18.4. The molecule has 3 aromatic rings. The molecule has 0 aliphatic heterocycles. The number of rotatable bonds is 5. The van der Waals surface area contributed by atoms with Crippen LogP contribution in [0.5, 0.6) is 5.75 Å². The van der Waals surface area contributed by atoms with Crippen LogP contribution in [0, 0.1) is 5.92 Å². The minimum atomic E-state index is -0.769. The van der Waals surface area contributed by atoms with Crippen molar-refractivity contribution in [3.05, 3.63) is 102 Å². The molecular weight excluding hydrogens is 374 g/mol. The van der Waals surface area contributed by atoms with Gasteiger partial charge in [-0.15, -0.1) is 0 Å². The molecule has 0 heterocycles. The van der Waals surface area contributed by atoms with Gasteiger partial charge in [-0.1, -0.05) is 60.7 Å². The predicted octanol–water partition coefficient (Wildman–Crippen LogP) is 5.09. The van der Waals surface area contributed by atoms with Crippen LogP contribution in [-0.4, -0.2) is 18.8 Å². The Morgan fingerprint density at radius 2 is 1.53 bits per heavy atom. The predicted molar refractivity (Wildman–Crippen MR) is 118 cm³/mol. The smallest absolute Gasteiger partial charge is 0.235 e. The van der Waals surface area contributed by atoms with Crippen molar-refractivity contribution in [3.8, 4) is 5.75 Å². The maximum atomic E-state index is 13.2. The Bertz CT molecular complexity index is 1060. The van der Waals surface area contributed by atoms with Crippen molar-refractivity contribution < 1.29 is 14.3 Å². The number of carbonyl (C=O) groups is 2. The molecule has 2 atom stereocenters. The van der Waals surface area contributed by atoms with Gasteiger partial charge in [-0.3, -0.25) is 9.59 Å². The van der Waals surface area contributed by atoms with E-state index in [2.05, 4.69) is 5.32 Å². The second kappa shape index (κ2) is 8.78. The number of ether oxygens (including phenoxy) is 1. The highest BCUT2D eigenvalue weighted by atomic mass is 16.5. The summed E-state index contributed by atoms with van der Waals surface area (Å²) in [7, 11) is 1.62. The average Bonchev–Trinajstić information content (AvgIpc) is 2.79. The summed E-state index contributed by atoms with van der Waals surface area (Å²) in [5.74, 6) is -0.681. The van der Waals surface area contributed by atoms with Gasteiger partial charge in [-0.25, -0.2) is 0 Å². The molecule has 1 N–H and O–H groups in total. The van der Waals surface area contributed by atoms with Crippen LogP contribution in [-0.2, 0) is 9.59 Å². The first-order valence-corrected chi connectivity index (χ1v) is 9.95. The SMILES string of the molecule is COc1ccc(C2=CC(=O)C(C(=O)Nc3ccccc3)C(c3ccccc3)C2)cc1. The lowest BCUT2D eigenvalue weighted by Crippen LogP contribution is -2.36. The molecule has 0 fully saturated rings. The van der Waals surface area contributed by atoms with Gasteiger partial charge in [0.15, 0.2) is 5.78 Å². The fourth-order valence-electron chi connectivity index (χ4n) is 3.94. The molecule has 3 aromatic carbocycles. The van der Waals surface area contributed by atoms with Crippen molar-refractivity contribution in [1.29, 1.82) is 0 Å². The summed E-state index contributed by atoms with van der Waals surface area (Å²) in [5, 5.41) is 2.91. The van der Waals surface area contributed by atoms with Crippen molar-refractivity contribution >= 4 is 23.0 Å². The molecule has 0 radical (unpaired) electrons. The monoisotopic (exact) mass is 397 g/mol. The zero-order chi connectivity index (χ0) is 20.9. The van der Waals surface area contributed by atoms with Crippen LogP contribution in [0.15, 0.2) is 91.0 Å². The van der Waals surface area contributed by atoms with E-state index >= 15 is 0 Å². The van der Waals surface area contributed by atoms with Gasteiger partial charge in [0.25, 0.3) is 0 Å². The van der Waals surface area contributed by atoms with Crippen LogP contribution < -0.4 is 10.1 Å². The summed E-state index contributed by atoms with van der Waals surface area (Å²) in [4.78, 5) is 26.3. The number of methoxy groups -OCH3 is 1. The molecule has 0 bridgehead atoms. The fourth-order valence-corrected chi connectivity index (χ4v) is 3.94. The van der Waals surface area contributed by atoms with E-state index in [4.69, 9.17) is 4.74 Å². The summed E-state index contributed by atoms with van der Waals surface area (Å²) in [6, 6.07) is 26.7. The van der Waals surface area contributed by atoms with Gasteiger partial charge in [0.1, 0.15) is 11.7 Å². The Morgan fingerprint density at radius 3 is 2.17 bits per heavy atom. The third-order valence-electron chi connectivity index (χ3n) is 5.48. The number of hydrogen-bond acceptors (Lipinski definition) is 3. The minimum absolute atomic E-state index is 0.172. The lowest BCUT2D eigenvalue weighted by Gasteiger charge is -2.30. The van der Waals surface area contributed by atoms with Gasteiger partial charge in [-0.2, -0.15) is 0 Å². The summed E-state index contributed by atoms with van der Waals surface area (Å²) in [6.45, 7) is 0. The number of nitrogens with one attached hydrogen (secondary N) is 1. The average molecular weight is 397 g/mol. The maximum absolute atomic E-state index is 13.2. The number of carbonyl (C=O) groups excluding carboxylic acids is 2. The number of benzene rings is 3. The summed E-state index contributed by atoms with van der Waals surface area (Å²) in [6.07, 6.45) is 2.23. The third-order valence-corrected chi connectivity index (χ3v) is 5.48. The van der Waals surface area contributed by atoms with E-state index in [-0.39, 0.29) is 17.6 Å². The van der Waals surface area contributed by atoms with Crippen LogP contribution in [0.2, 0.25) is 0 Å². The first-order chi connectivity index (χ1) is 14.7. The van der Waals surface area contributed by atoms with E-state index in [9.17, 15) is 9.59 Å². The number of ketones is 1. The topological polar surface area (TPSA) is 55.4 Å². The Morgan fingerprint density at radius 1 is 0.900 bits per heavy atom. The molecule has 0 saturated heterocycles. The molecule has 4 rings (SSSR count). The fraction of sp³-hybridized carbons (Fsp3) is 0.154. The molecule has 4 nitrogen and oxygen atoms in total. The van der Waals surface area contributed by atoms with Crippen molar-refractivity contribution in [3.63, 3.8) is 0 Å². The van der Waals surface area contributed by atoms with Crippen molar-refractivity contribution in [2.75, 3.05) is 12.4 Å².